The summed E-state index contributed by atoms with van der Waals surface area (Å²) in [4.78, 5) is 11.7. The summed E-state index contributed by atoms with van der Waals surface area (Å²) in [6.07, 6.45) is 6.27. The maximum atomic E-state index is 11.7. The molecule has 0 saturated heterocycles. The molecule has 3 heteroatoms. The number of carbonyl (C=O) groups excluding carboxylic acids is 1. The smallest absolute Gasteiger partial charge is 0.338 e. The molecule has 1 aromatic rings. The van der Waals surface area contributed by atoms with E-state index in [9.17, 15) is 4.79 Å². The number of esters is 1. The van der Waals surface area contributed by atoms with Crippen molar-refractivity contribution in [3.05, 3.63) is 58.7 Å². The Kier molecular flexibility index (Phi) is 6.00. The molecular formula is C19H20O3. The third kappa shape index (κ3) is 4.91. The standard InChI is InChI=1S/C19H20O3/c1-15-3-5-16(6-4-15)7-8-17-9-11-18(12-10-17)19(20)22-14-13-21-2/h3,5,9-12H,4,6,13-14H2,1-2H3. The molecule has 0 amide bonds. The van der Waals surface area contributed by atoms with Crippen molar-refractivity contribution in [1.82, 2.24) is 0 Å². The molecule has 0 aliphatic heterocycles. The van der Waals surface area contributed by atoms with Gasteiger partial charge in [0.2, 0.25) is 0 Å². The number of hydrogen-bond donors (Lipinski definition) is 0. The first-order chi connectivity index (χ1) is 10.7. The number of ether oxygens (including phenoxy) is 2. The summed E-state index contributed by atoms with van der Waals surface area (Å²) in [5.74, 6) is 5.97. The van der Waals surface area contributed by atoms with Gasteiger partial charge in [-0.2, -0.15) is 0 Å². The van der Waals surface area contributed by atoms with E-state index in [1.54, 1.807) is 19.2 Å². The van der Waals surface area contributed by atoms with Gasteiger partial charge in [0.05, 0.1) is 12.2 Å². The maximum absolute atomic E-state index is 11.7. The second-order valence-corrected chi connectivity index (χ2v) is 5.16. The zero-order valence-electron chi connectivity index (χ0n) is 13.0. The summed E-state index contributed by atoms with van der Waals surface area (Å²) in [6, 6.07) is 7.14. The lowest BCUT2D eigenvalue weighted by Crippen LogP contribution is -2.09. The summed E-state index contributed by atoms with van der Waals surface area (Å²) in [5.41, 5.74) is 3.95. The highest BCUT2D eigenvalue weighted by Gasteiger charge is 2.06. The quantitative estimate of drug-likeness (QED) is 0.484. The zero-order valence-corrected chi connectivity index (χ0v) is 13.0. The van der Waals surface area contributed by atoms with Gasteiger partial charge in [0.1, 0.15) is 6.61 Å². The first kappa shape index (κ1) is 16.1. The molecular weight excluding hydrogens is 276 g/mol. The number of allylic oxidation sites excluding steroid dienone is 4. The molecule has 0 atom stereocenters. The second kappa shape index (κ2) is 8.21. The Morgan fingerprint density at radius 3 is 2.50 bits per heavy atom. The highest BCUT2D eigenvalue weighted by atomic mass is 16.6. The predicted molar refractivity (Wildman–Crippen MR) is 86.6 cm³/mol. The van der Waals surface area contributed by atoms with Crippen LogP contribution in [0.25, 0.3) is 0 Å². The Bertz CT molecular complexity index is 639. The van der Waals surface area contributed by atoms with Gasteiger partial charge < -0.3 is 9.47 Å². The van der Waals surface area contributed by atoms with Crippen LogP contribution in [0.15, 0.2) is 47.6 Å². The van der Waals surface area contributed by atoms with Gasteiger partial charge in [0.15, 0.2) is 0 Å². The van der Waals surface area contributed by atoms with Gasteiger partial charge in [-0.3, -0.25) is 0 Å². The van der Waals surface area contributed by atoms with Crippen LogP contribution < -0.4 is 0 Å². The molecule has 0 unspecified atom stereocenters. The molecule has 1 aliphatic carbocycles. The van der Waals surface area contributed by atoms with Crippen molar-refractivity contribution in [1.29, 1.82) is 0 Å². The number of carbonyl (C=O) groups is 1. The Balaban J connectivity index is 1.96. The van der Waals surface area contributed by atoms with Crippen LogP contribution in [0, 0.1) is 11.8 Å². The fourth-order valence-corrected chi connectivity index (χ4v) is 1.99. The van der Waals surface area contributed by atoms with Gasteiger partial charge in [-0.1, -0.05) is 29.6 Å². The molecule has 114 valence electrons. The minimum Gasteiger partial charge on any atom is -0.460 e. The molecule has 22 heavy (non-hydrogen) atoms. The van der Waals surface area contributed by atoms with Gasteiger partial charge in [-0.05, 0) is 44.0 Å². The lowest BCUT2D eigenvalue weighted by Gasteiger charge is -2.06. The molecule has 2 rings (SSSR count). The molecule has 0 bridgehead atoms. The molecule has 0 saturated carbocycles. The number of benzene rings is 1. The van der Waals surface area contributed by atoms with Crippen molar-refractivity contribution < 1.29 is 14.3 Å². The fourth-order valence-electron chi connectivity index (χ4n) is 1.99. The van der Waals surface area contributed by atoms with Crippen LogP contribution in [0.3, 0.4) is 0 Å². The Labute approximate surface area is 131 Å². The van der Waals surface area contributed by atoms with Gasteiger partial charge >= 0.3 is 5.97 Å². The minimum atomic E-state index is -0.341. The van der Waals surface area contributed by atoms with E-state index < -0.39 is 0 Å². The normalized spacial score (nSPS) is 13.5. The van der Waals surface area contributed by atoms with Gasteiger partial charge in [0, 0.05) is 18.2 Å². The van der Waals surface area contributed by atoms with E-state index in [2.05, 4.69) is 30.9 Å². The van der Waals surface area contributed by atoms with Crippen LogP contribution in [0.4, 0.5) is 0 Å². The number of hydrogen-bond acceptors (Lipinski definition) is 3. The first-order valence-electron chi connectivity index (χ1n) is 7.33. The average Bonchev–Trinajstić information content (AvgIpc) is 2.55. The molecule has 0 N–H and O–H groups in total. The van der Waals surface area contributed by atoms with E-state index in [1.807, 2.05) is 12.1 Å². The van der Waals surface area contributed by atoms with Crippen LogP contribution in [0.5, 0.6) is 0 Å². The summed E-state index contributed by atoms with van der Waals surface area (Å²) < 4.78 is 9.90. The predicted octanol–water partition coefficient (Wildman–Crippen LogP) is 3.51. The molecule has 0 heterocycles. The van der Waals surface area contributed by atoms with E-state index in [-0.39, 0.29) is 12.6 Å². The Morgan fingerprint density at radius 1 is 1.09 bits per heavy atom. The Morgan fingerprint density at radius 2 is 1.86 bits per heavy atom. The third-order valence-corrected chi connectivity index (χ3v) is 3.37. The van der Waals surface area contributed by atoms with Crippen molar-refractivity contribution >= 4 is 5.97 Å². The molecule has 0 fully saturated rings. The van der Waals surface area contributed by atoms with Gasteiger partial charge in [-0.25, -0.2) is 4.79 Å². The van der Waals surface area contributed by atoms with E-state index in [0.717, 1.165) is 24.0 Å². The molecule has 0 spiro atoms. The molecule has 0 aromatic heterocycles. The van der Waals surface area contributed by atoms with E-state index in [1.165, 1.54) is 5.57 Å². The molecule has 0 radical (unpaired) electrons. The monoisotopic (exact) mass is 296 g/mol. The van der Waals surface area contributed by atoms with Crippen LogP contribution >= 0.6 is 0 Å². The van der Waals surface area contributed by atoms with Crippen LogP contribution in [-0.2, 0) is 9.47 Å². The topological polar surface area (TPSA) is 35.5 Å². The van der Waals surface area contributed by atoms with Crippen molar-refractivity contribution in [3.8, 4) is 11.8 Å². The molecule has 1 aliphatic rings. The maximum Gasteiger partial charge on any atom is 0.338 e. The van der Waals surface area contributed by atoms with Crippen molar-refractivity contribution in [3.63, 3.8) is 0 Å². The van der Waals surface area contributed by atoms with Crippen molar-refractivity contribution in [2.75, 3.05) is 20.3 Å². The van der Waals surface area contributed by atoms with Crippen LogP contribution in [-0.4, -0.2) is 26.3 Å². The summed E-state index contributed by atoms with van der Waals surface area (Å²) in [6.45, 7) is 2.79. The summed E-state index contributed by atoms with van der Waals surface area (Å²) in [5, 5.41) is 0. The lowest BCUT2D eigenvalue weighted by atomic mass is 10.00. The van der Waals surface area contributed by atoms with E-state index in [4.69, 9.17) is 9.47 Å². The first-order valence-corrected chi connectivity index (χ1v) is 7.33. The third-order valence-electron chi connectivity index (χ3n) is 3.37. The molecule has 3 nitrogen and oxygen atoms in total. The Hall–Kier alpha value is -2.31. The number of methoxy groups -OCH3 is 1. The van der Waals surface area contributed by atoms with E-state index >= 15 is 0 Å². The highest BCUT2D eigenvalue weighted by molar-refractivity contribution is 5.89. The molecule has 1 aromatic carbocycles. The van der Waals surface area contributed by atoms with Gasteiger partial charge in [-0.15, -0.1) is 0 Å². The van der Waals surface area contributed by atoms with Gasteiger partial charge in [0.25, 0.3) is 0 Å². The van der Waals surface area contributed by atoms with Crippen molar-refractivity contribution in [2.24, 2.45) is 0 Å². The summed E-state index contributed by atoms with van der Waals surface area (Å²) >= 11 is 0. The fraction of sp³-hybridized carbons (Fsp3) is 0.316. The SMILES string of the molecule is COCCOC(=O)c1ccc(C#CC2=CC=C(C)CC2)cc1. The average molecular weight is 296 g/mol. The van der Waals surface area contributed by atoms with E-state index in [0.29, 0.717) is 12.2 Å². The minimum absolute atomic E-state index is 0.262. The lowest BCUT2D eigenvalue weighted by molar-refractivity contribution is 0.0388. The number of rotatable bonds is 4. The van der Waals surface area contributed by atoms with Crippen molar-refractivity contribution in [2.45, 2.75) is 19.8 Å². The summed E-state index contributed by atoms with van der Waals surface area (Å²) in [7, 11) is 1.57. The highest BCUT2D eigenvalue weighted by Crippen LogP contribution is 2.17. The second-order valence-electron chi connectivity index (χ2n) is 5.16. The zero-order chi connectivity index (χ0) is 15.8. The largest absolute Gasteiger partial charge is 0.460 e. The van der Waals surface area contributed by atoms with Crippen LogP contribution in [0.1, 0.15) is 35.7 Å². The van der Waals surface area contributed by atoms with Crippen LogP contribution in [0.2, 0.25) is 0 Å².